The van der Waals surface area contributed by atoms with Crippen LogP contribution in [0.15, 0.2) is 54.2 Å². The van der Waals surface area contributed by atoms with Crippen molar-refractivity contribution in [3.05, 3.63) is 77.9 Å². The lowest BCUT2D eigenvalue weighted by molar-refractivity contribution is -0.122. The van der Waals surface area contributed by atoms with E-state index in [-0.39, 0.29) is 11.7 Å². The van der Waals surface area contributed by atoms with Crippen molar-refractivity contribution in [3.63, 3.8) is 0 Å². The van der Waals surface area contributed by atoms with Crippen LogP contribution in [0.4, 0.5) is 0 Å². The Morgan fingerprint density at radius 1 is 1.31 bits per heavy atom. The standard InChI is InChI=1S/C24H27N3O2/c1-2-7-21-10-6-11-22(24(21)29)17-25-26-23(28)16-19-12-14-27(15-13-19)18-20-8-4-3-5-9-20/h2-5,8-9,11,17,19,29H,1,7,12-16,18H2,(H,26,28)/b25-17+. The minimum Gasteiger partial charge on any atom is -0.506 e. The second-order valence-corrected chi connectivity index (χ2v) is 7.39. The summed E-state index contributed by atoms with van der Waals surface area (Å²) in [6.45, 7) is 6.63. The summed E-state index contributed by atoms with van der Waals surface area (Å²) in [6, 6.07) is 17.7. The number of carbonyl (C=O) groups excluding carboxylic acids is 1. The molecule has 3 rings (SSSR count). The van der Waals surface area contributed by atoms with Gasteiger partial charge in [0.25, 0.3) is 0 Å². The quantitative estimate of drug-likeness (QED) is 0.413. The number of hydrogen-bond acceptors (Lipinski definition) is 4. The van der Waals surface area contributed by atoms with Crippen molar-refractivity contribution in [1.82, 2.24) is 10.3 Å². The van der Waals surface area contributed by atoms with E-state index in [9.17, 15) is 9.90 Å². The van der Waals surface area contributed by atoms with Crippen LogP contribution in [0.5, 0.6) is 5.75 Å². The van der Waals surface area contributed by atoms with Crippen LogP contribution in [-0.4, -0.2) is 35.2 Å². The Labute approximate surface area is 172 Å². The number of carbonyl (C=O) groups is 1. The van der Waals surface area contributed by atoms with E-state index < -0.39 is 0 Å². The molecule has 2 aromatic carbocycles. The van der Waals surface area contributed by atoms with Gasteiger partial charge in [0, 0.05) is 36.6 Å². The molecule has 1 fully saturated rings. The zero-order valence-corrected chi connectivity index (χ0v) is 16.6. The molecule has 0 spiro atoms. The van der Waals surface area contributed by atoms with Gasteiger partial charge >= 0.3 is 0 Å². The molecule has 0 unspecified atom stereocenters. The highest BCUT2D eigenvalue weighted by molar-refractivity contribution is 5.85. The SMILES string of the molecule is C=CCc1c#ccc(/C=N/NC(=O)CC2CCN(Cc3ccccc3)CC2)c1O. The molecule has 1 amide bonds. The van der Waals surface area contributed by atoms with E-state index in [1.165, 1.54) is 11.8 Å². The summed E-state index contributed by atoms with van der Waals surface area (Å²) < 4.78 is 0. The van der Waals surface area contributed by atoms with Crippen molar-refractivity contribution in [2.24, 2.45) is 11.0 Å². The van der Waals surface area contributed by atoms with Crippen LogP contribution in [0.1, 0.15) is 36.0 Å². The lowest BCUT2D eigenvalue weighted by Crippen LogP contribution is -2.35. The summed E-state index contributed by atoms with van der Waals surface area (Å²) in [6.07, 6.45) is 6.12. The number of hydrazone groups is 1. The summed E-state index contributed by atoms with van der Waals surface area (Å²) in [5.41, 5.74) is 5.00. The Balaban J connectivity index is 1.42. The lowest BCUT2D eigenvalue weighted by Gasteiger charge is -2.31. The average molecular weight is 389 g/mol. The van der Waals surface area contributed by atoms with E-state index in [1.54, 1.807) is 12.1 Å². The number of aromatic hydroxyl groups is 1. The van der Waals surface area contributed by atoms with Crippen molar-refractivity contribution in [2.45, 2.75) is 32.2 Å². The van der Waals surface area contributed by atoms with Gasteiger partial charge < -0.3 is 5.11 Å². The summed E-state index contributed by atoms with van der Waals surface area (Å²) in [5.74, 6) is 0.372. The first-order valence-electron chi connectivity index (χ1n) is 9.99. The number of likely N-dealkylation sites (tertiary alicyclic amines) is 1. The molecule has 0 saturated carbocycles. The van der Waals surface area contributed by atoms with Crippen LogP contribution < -0.4 is 5.43 Å². The van der Waals surface area contributed by atoms with Crippen LogP contribution in [0.3, 0.4) is 0 Å². The second kappa shape index (κ2) is 10.4. The first-order chi connectivity index (χ1) is 14.2. The van der Waals surface area contributed by atoms with Gasteiger partial charge in [0.1, 0.15) is 5.75 Å². The molecule has 1 heterocycles. The van der Waals surface area contributed by atoms with Crippen LogP contribution >= 0.6 is 0 Å². The van der Waals surface area contributed by atoms with Crippen LogP contribution in [0, 0.1) is 18.1 Å². The molecule has 5 heteroatoms. The number of piperidine rings is 1. The Bertz CT molecular complexity index is 840. The van der Waals surface area contributed by atoms with Gasteiger partial charge in [0.15, 0.2) is 0 Å². The van der Waals surface area contributed by atoms with Gasteiger partial charge in [-0.3, -0.25) is 9.69 Å². The Morgan fingerprint density at radius 2 is 2.07 bits per heavy atom. The highest BCUT2D eigenvalue weighted by atomic mass is 16.3. The van der Waals surface area contributed by atoms with Gasteiger partial charge in [-0.1, -0.05) is 48.5 Å². The van der Waals surface area contributed by atoms with Crippen molar-refractivity contribution in [2.75, 3.05) is 13.1 Å². The number of rotatable bonds is 8. The second-order valence-electron chi connectivity index (χ2n) is 7.39. The Kier molecular flexibility index (Phi) is 7.43. The van der Waals surface area contributed by atoms with Crippen LogP contribution in [0.2, 0.25) is 0 Å². The third-order valence-electron chi connectivity index (χ3n) is 5.18. The summed E-state index contributed by atoms with van der Waals surface area (Å²) in [7, 11) is 0. The fraction of sp³-hybridized carbons (Fsp3) is 0.333. The highest BCUT2D eigenvalue weighted by Gasteiger charge is 2.21. The molecule has 29 heavy (non-hydrogen) atoms. The van der Waals surface area contributed by atoms with E-state index in [4.69, 9.17) is 0 Å². The molecule has 0 aliphatic carbocycles. The van der Waals surface area contributed by atoms with Gasteiger partial charge in [-0.15, -0.1) is 6.58 Å². The van der Waals surface area contributed by atoms with Crippen molar-refractivity contribution in [3.8, 4) is 5.75 Å². The third kappa shape index (κ3) is 6.20. The van der Waals surface area contributed by atoms with E-state index in [0.29, 0.717) is 29.9 Å². The number of benzene rings is 1. The maximum atomic E-state index is 12.2. The van der Waals surface area contributed by atoms with E-state index in [0.717, 1.165) is 32.5 Å². The van der Waals surface area contributed by atoms with E-state index in [2.05, 4.69) is 58.4 Å². The van der Waals surface area contributed by atoms with Crippen molar-refractivity contribution < 1.29 is 9.90 Å². The van der Waals surface area contributed by atoms with Crippen LogP contribution in [-0.2, 0) is 17.8 Å². The predicted octanol–water partition coefficient (Wildman–Crippen LogP) is 3.47. The molecular formula is C24H27N3O2. The van der Waals surface area contributed by atoms with E-state index >= 15 is 0 Å². The number of nitrogens with one attached hydrogen (secondary N) is 1. The maximum absolute atomic E-state index is 12.2. The fourth-order valence-electron chi connectivity index (χ4n) is 3.57. The number of amides is 1. The molecule has 1 saturated heterocycles. The minimum atomic E-state index is -0.0972. The van der Waals surface area contributed by atoms with E-state index in [1.807, 2.05) is 6.07 Å². The molecule has 1 aliphatic heterocycles. The molecule has 5 nitrogen and oxygen atoms in total. The van der Waals surface area contributed by atoms with Gasteiger partial charge in [-0.2, -0.15) is 5.10 Å². The Hall–Kier alpha value is -3.10. The number of allylic oxidation sites excluding steroid dienone is 1. The first kappa shape index (κ1) is 20.6. The molecule has 0 radical (unpaired) electrons. The average Bonchev–Trinajstić information content (AvgIpc) is 2.73. The lowest BCUT2D eigenvalue weighted by atomic mass is 9.93. The monoisotopic (exact) mass is 389 g/mol. The maximum Gasteiger partial charge on any atom is 0.240 e. The molecular weight excluding hydrogens is 362 g/mol. The zero-order chi connectivity index (χ0) is 20.5. The van der Waals surface area contributed by atoms with Gasteiger partial charge in [0.05, 0.1) is 6.21 Å². The van der Waals surface area contributed by atoms with Gasteiger partial charge in [-0.25, -0.2) is 5.43 Å². The minimum absolute atomic E-state index is 0.0902. The zero-order valence-electron chi connectivity index (χ0n) is 16.6. The molecule has 0 atom stereocenters. The highest BCUT2D eigenvalue weighted by Crippen LogP contribution is 2.22. The smallest absolute Gasteiger partial charge is 0.240 e. The van der Waals surface area contributed by atoms with Crippen LogP contribution in [0.25, 0.3) is 0 Å². The molecule has 1 aliphatic rings. The fourth-order valence-corrected chi connectivity index (χ4v) is 3.57. The van der Waals surface area contributed by atoms with Crippen molar-refractivity contribution >= 4 is 12.1 Å². The number of nitrogens with zero attached hydrogens (tertiary/aromatic N) is 2. The Morgan fingerprint density at radius 3 is 2.79 bits per heavy atom. The molecule has 2 aromatic rings. The summed E-state index contributed by atoms with van der Waals surface area (Å²) >= 11 is 0. The third-order valence-corrected chi connectivity index (χ3v) is 5.18. The normalized spacial score (nSPS) is 15.2. The largest absolute Gasteiger partial charge is 0.506 e. The first-order valence-corrected chi connectivity index (χ1v) is 9.99. The molecule has 0 aromatic heterocycles. The summed E-state index contributed by atoms with van der Waals surface area (Å²) in [5, 5.41) is 14.2. The molecule has 0 bridgehead atoms. The van der Waals surface area contributed by atoms with Gasteiger partial charge in [-0.05, 0) is 37.4 Å². The van der Waals surface area contributed by atoms with Crippen molar-refractivity contribution in [1.29, 1.82) is 0 Å². The van der Waals surface area contributed by atoms with Gasteiger partial charge in [0.2, 0.25) is 5.91 Å². The molecule has 150 valence electrons. The topological polar surface area (TPSA) is 64.9 Å². The predicted molar refractivity (Wildman–Crippen MR) is 114 cm³/mol. The molecule has 2 N–H and O–H groups in total. The number of hydrogen-bond donors (Lipinski definition) is 2. The summed E-state index contributed by atoms with van der Waals surface area (Å²) in [4.78, 5) is 14.6.